The van der Waals surface area contributed by atoms with Crippen molar-refractivity contribution in [2.45, 2.75) is 25.4 Å². The lowest BCUT2D eigenvalue weighted by Gasteiger charge is -2.31. The van der Waals surface area contributed by atoms with Gasteiger partial charge in [0.25, 0.3) is 5.56 Å². The predicted molar refractivity (Wildman–Crippen MR) is 131 cm³/mol. The Morgan fingerprint density at radius 3 is 2.43 bits per heavy atom. The van der Waals surface area contributed by atoms with E-state index in [1.54, 1.807) is 30.3 Å². The molecule has 0 spiro atoms. The first kappa shape index (κ1) is 23.9. The molecular formula is C25H25FN6O3. The van der Waals surface area contributed by atoms with Gasteiger partial charge in [-0.05, 0) is 43.2 Å². The third-order valence-corrected chi connectivity index (χ3v) is 6.01. The number of ether oxygens (including phenoxy) is 1. The average Bonchev–Trinajstić information content (AvgIpc) is 2.85. The Labute approximate surface area is 201 Å². The van der Waals surface area contributed by atoms with Gasteiger partial charge in [-0.25, -0.2) is 14.2 Å². The minimum Gasteiger partial charge on any atom is -0.497 e. The molecule has 0 aliphatic carbocycles. The summed E-state index contributed by atoms with van der Waals surface area (Å²) in [7, 11) is 1.53. The summed E-state index contributed by atoms with van der Waals surface area (Å²) in [4.78, 5) is 35.4. The van der Waals surface area contributed by atoms with Gasteiger partial charge in [0, 0.05) is 30.3 Å². The first-order valence-corrected chi connectivity index (χ1v) is 11.1. The van der Waals surface area contributed by atoms with Crippen molar-refractivity contribution >= 4 is 17.4 Å². The zero-order valence-corrected chi connectivity index (χ0v) is 19.2. The molecule has 10 heteroatoms. The van der Waals surface area contributed by atoms with Crippen molar-refractivity contribution in [3.63, 3.8) is 0 Å². The van der Waals surface area contributed by atoms with E-state index < -0.39 is 23.8 Å². The summed E-state index contributed by atoms with van der Waals surface area (Å²) in [6, 6.07) is 11.0. The molecule has 2 aromatic carbocycles. The topological polar surface area (TPSA) is 121 Å². The molecule has 180 valence electrons. The quantitative estimate of drug-likeness (QED) is 0.528. The molecule has 1 saturated heterocycles. The lowest BCUT2D eigenvalue weighted by molar-refractivity contribution is -0.118. The molecule has 0 bridgehead atoms. The van der Waals surface area contributed by atoms with Gasteiger partial charge in [-0.2, -0.15) is 0 Å². The first-order chi connectivity index (χ1) is 16.8. The first-order valence-electron chi connectivity index (χ1n) is 11.1. The monoisotopic (exact) mass is 476 g/mol. The smallest absolute Gasteiger partial charge is 0.294 e. The number of hydrogen-bond acceptors (Lipinski definition) is 6. The molecule has 0 saturated carbocycles. The summed E-state index contributed by atoms with van der Waals surface area (Å²) < 4.78 is 21.1. The van der Waals surface area contributed by atoms with Crippen molar-refractivity contribution in [3.8, 4) is 28.3 Å². The zero-order valence-electron chi connectivity index (χ0n) is 19.2. The molecule has 0 atom stereocenters. The second kappa shape index (κ2) is 9.95. The van der Waals surface area contributed by atoms with Crippen LogP contribution in [-0.4, -0.2) is 41.7 Å². The summed E-state index contributed by atoms with van der Waals surface area (Å²) >= 11 is 0. The molecule has 3 aromatic rings. The third-order valence-electron chi connectivity index (χ3n) is 6.01. The van der Waals surface area contributed by atoms with Crippen LogP contribution in [0.15, 0.2) is 47.3 Å². The average molecular weight is 477 g/mol. The van der Waals surface area contributed by atoms with Crippen LogP contribution in [0, 0.1) is 12.4 Å². The number of nitrogens with two attached hydrogens (primary N) is 2. The fourth-order valence-corrected chi connectivity index (χ4v) is 4.17. The highest BCUT2D eigenvalue weighted by molar-refractivity contribution is 5.82. The third kappa shape index (κ3) is 4.85. The highest BCUT2D eigenvalue weighted by atomic mass is 19.1. The van der Waals surface area contributed by atoms with Gasteiger partial charge in [-0.3, -0.25) is 14.2 Å². The zero-order chi connectivity index (χ0) is 25.1. The molecule has 4 rings (SSSR count). The van der Waals surface area contributed by atoms with Crippen molar-refractivity contribution in [1.29, 1.82) is 0 Å². The predicted octanol–water partition coefficient (Wildman–Crippen LogP) is 2.69. The molecule has 0 radical (unpaired) electrons. The van der Waals surface area contributed by atoms with Crippen LogP contribution in [0.4, 0.5) is 15.9 Å². The van der Waals surface area contributed by atoms with Crippen LogP contribution in [0.25, 0.3) is 27.4 Å². The van der Waals surface area contributed by atoms with E-state index >= 15 is 0 Å². The van der Waals surface area contributed by atoms with Crippen molar-refractivity contribution < 1.29 is 13.9 Å². The molecule has 2 heterocycles. The normalized spacial score (nSPS) is 13.9. The van der Waals surface area contributed by atoms with Gasteiger partial charge >= 0.3 is 0 Å². The van der Waals surface area contributed by atoms with Crippen LogP contribution >= 0.6 is 0 Å². The number of methoxy groups -OCH3 is 1. The van der Waals surface area contributed by atoms with E-state index in [0.29, 0.717) is 48.5 Å². The van der Waals surface area contributed by atoms with E-state index in [4.69, 9.17) is 27.8 Å². The number of carbonyl (C=O) groups is 1. The van der Waals surface area contributed by atoms with Gasteiger partial charge in [0.1, 0.15) is 18.1 Å². The van der Waals surface area contributed by atoms with E-state index in [0.717, 1.165) is 0 Å². The highest BCUT2D eigenvalue weighted by Crippen LogP contribution is 2.34. The SMILES string of the molecule is [C-]#[N+]c1ccc(-c2nc(N3CCC(N)CC3)c(=O)n(CC(N)=O)c2-c2ccc(OC)cc2)cc1F. The minimum absolute atomic E-state index is 0.0346. The molecule has 4 N–H and O–H groups in total. The fourth-order valence-electron chi connectivity index (χ4n) is 4.17. The Balaban J connectivity index is 2.02. The van der Waals surface area contributed by atoms with E-state index in [9.17, 15) is 14.0 Å². The molecule has 1 aromatic heterocycles. The molecule has 1 aliphatic rings. The number of benzene rings is 2. The number of nitrogens with zero attached hydrogens (tertiary/aromatic N) is 4. The molecule has 1 amide bonds. The second-order valence-electron chi connectivity index (χ2n) is 8.32. The Morgan fingerprint density at radius 2 is 1.86 bits per heavy atom. The maximum atomic E-state index is 14.6. The van der Waals surface area contributed by atoms with Crippen molar-refractivity contribution in [3.05, 3.63) is 70.1 Å². The van der Waals surface area contributed by atoms with Crippen LogP contribution in [0.2, 0.25) is 0 Å². The Morgan fingerprint density at radius 1 is 1.20 bits per heavy atom. The molecule has 35 heavy (non-hydrogen) atoms. The maximum absolute atomic E-state index is 14.6. The largest absolute Gasteiger partial charge is 0.497 e. The van der Waals surface area contributed by atoms with Crippen molar-refractivity contribution in [2.75, 3.05) is 25.1 Å². The number of halogens is 1. The molecule has 9 nitrogen and oxygen atoms in total. The van der Waals surface area contributed by atoms with Crippen LogP contribution in [-0.2, 0) is 11.3 Å². The number of primary amides is 1. The van der Waals surface area contributed by atoms with E-state index in [2.05, 4.69) is 4.85 Å². The molecule has 1 aliphatic heterocycles. The van der Waals surface area contributed by atoms with Crippen molar-refractivity contribution in [1.82, 2.24) is 9.55 Å². The van der Waals surface area contributed by atoms with Gasteiger partial charge in [-0.15, -0.1) is 0 Å². The van der Waals surface area contributed by atoms with Gasteiger partial charge in [0.15, 0.2) is 5.82 Å². The van der Waals surface area contributed by atoms with Crippen molar-refractivity contribution in [2.24, 2.45) is 11.5 Å². The minimum atomic E-state index is -0.710. The maximum Gasteiger partial charge on any atom is 0.294 e. The summed E-state index contributed by atoms with van der Waals surface area (Å²) in [5.74, 6) is -0.681. The standard InChI is InChI=1S/C25H25FN6O3/c1-29-20-8-5-16(13-19(20)26)22-23(15-3-6-18(35-2)7-4-15)32(14-21(28)33)25(34)24(30-22)31-11-9-17(27)10-12-31/h3-8,13,17H,9-12,14,27H2,2H3,(H2,28,33). The van der Waals surface area contributed by atoms with Gasteiger partial charge < -0.3 is 21.1 Å². The molecular weight excluding hydrogens is 451 g/mol. The van der Waals surface area contributed by atoms with Gasteiger partial charge in [0.2, 0.25) is 11.6 Å². The number of piperidine rings is 1. The number of aromatic nitrogens is 2. The Kier molecular flexibility index (Phi) is 6.80. The molecule has 0 unspecified atom stereocenters. The number of anilines is 1. The van der Waals surface area contributed by atoms with E-state index in [1.807, 2.05) is 4.90 Å². The lowest BCUT2D eigenvalue weighted by Crippen LogP contribution is -2.44. The lowest BCUT2D eigenvalue weighted by atomic mass is 10.0. The van der Waals surface area contributed by atoms with Gasteiger partial charge in [0.05, 0.1) is 25.1 Å². The Hall–Kier alpha value is -4.23. The highest BCUT2D eigenvalue weighted by Gasteiger charge is 2.26. The van der Waals surface area contributed by atoms with Crippen LogP contribution in [0.3, 0.4) is 0 Å². The van der Waals surface area contributed by atoms with Crippen LogP contribution in [0.5, 0.6) is 5.75 Å². The summed E-state index contributed by atoms with van der Waals surface area (Å²) in [6.45, 7) is 7.79. The number of hydrogen-bond donors (Lipinski definition) is 2. The summed E-state index contributed by atoms with van der Waals surface area (Å²) in [5.41, 5.74) is 12.5. The number of amides is 1. The number of rotatable bonds is 6. The van der Waals surface area contributed by atoms with Gasteiger partial charge in [-0.1, -0.05) is 12.1 Å². The van der Waals surface area contributed by atoms with Crippen LogP contribution < -0.4 is 26.7 Å². The van der Waals surface area contributed by atoms with E-state index in [1.165, 1.54) is 23.8 Å². The van der Waals surface area contributed by atoms with E-state index in [-0.39, 0.29) is 23.2 Å². The fraction of sp³-hybridized carbons (Fsp3) is 0.280. The second-order valence-corrected chi connectivity index (χ2v) is 8.32. The van der Waals surface area contributed by atoms with Crippen LogP contribution in [0.1, 0.15) is 12.8 Å². The summed E-state index contributed by atoms with van der Waals surface area (Å²) in [5, 5.41) is 0. The number of carbonyl (C=O) groups excluding carboxylic acids is 1. The summed E-state index contributed by atoms with van der Waals surface area (Å²) in [6.07, 6.45) is 1.36. The Bertz CT molecular complexity index is 1360. The molecule has 1 fully saturated rings.